The third kappa shape index (κ3) is 5.52. The fraction of sp³-hybridized carbons (Fsp3) is 0.308. The number of hydrogen-bond acceptors (Lipinski definition) is 7. The molecule has 0 aliphatic rings. The van der Waals surface area contributed by atoms with E-state index in [1.165, 1.54) is 18.3 Å². The smallest absolute Gasteiger partial charge is 0.272 e. The summed E-state index contributed by atoms with van der Waals surface area (Å²) in [4.78, 5) is 20.9. The summed E-state index contributed by atoms with van der Waals surface area (Å²) < 4.78 is 0. The molecule has 0 aromatic heterocycles. The lowest BCUT2D eigenvalue weighted by Crippen LogP contribution is -1.98. The molecule has 0 radical (unpaired) electrons. The number of unbranched alkanes of at least 4 members (excludes halogenated alkanes) is 1. The van der Waals surface area contributed by atoms with Crippen LogP contribution in [0.1, 0.15) is 19.8 Å². The predicted molar refractivity (Wildman–Crippen MR) is 88.4 cm³/mol. The van der Waals surface area contributed by atoms with E-state index in [0.717, 1.165) is 29.6 Å². The van der Waals surface area contributed by atoms with Crippen LogP contribution in [0.25, 0.3) is 0 Å². The highest BCUT2D eigenvalue weighted by Gasteiger charge is 2.18. The molecule has 0 aliphatic carbocycles. The highest BCUT2D eigenvalue weighted by atomic mass is 32.2. The maximum absolute atomic E-state index is 10.9. The molecule has 0 spiro atoms. The topological polar surface area (TPSA) is 111 Å². The summed E-state index contributed by atoms with van der Waals surface area (Å²) in [5.41, 5.74) is 1.84. The molecule has 118 valence electrons. The first-order valence-corrected chi connectivity index (χ1v) is 7.48. The predicted octanol–water partition coefficient (Wildman–Crippen LogP) is 3.95. The fourth-order valence-electron chi connectivity index (χ4n) is 1.44. The van der Waals surface area contributed by atoms with Gasteiger partial charge < -0.3 is 0 Å². The number of rotatable bonds is 9. The molecule has 22 heavy (non-hydrogen) atoms. The Morgan fingerprint density at radius 2 is 2.14 bits per heavy atom. The molecule has 0 saturated carbocycles. The minimum absolute atomic E-state index is 0.0817. The van der Waals surface area contributed by atoms with Crippen molar-refractivity contribution in [2.45, 2.75) is 19.8 Å². The van der Waals surface area contributed by atoms with E-state index < -0.39 is 15.5 Å². The van der Waals surface area contributed by atoms with Crippen LogP contribution in [0.3, 0.4) is 0 Å². The van der Waals surface area contributed by atoms with Crippen molar-refractivity contribution in [3.8, 4) is 0 Å². The van der Waals surface area contributed by atoms with Crippen LogP contribution in [-0.2, 0) is 0 Å². The van der Waals surface area contributed by atoms with Gasteiger partial charge in [0.15, 0.2) is 0 Å². The standard InChI is InChI=1S/C13H16N4O4S/c1-3-4-7-22-10(2)9-14-15-12-6-5-11(16(18)19)8-13(12)17(20)21/h5-6,8-9,15H,2-4,7H2,1H3/b14-9+. The maximum atomic E-state index is 10.9. The van der Waals surface area contributed by atoms with Gasteiger partial charge in [0.1, 0.15) is 5.69 Å². The molecule has 1 rings (SSSR count). The van der Waals surface area contributed by atoms with Gasteiger partial charge >= 0.3 is 5.69 Å². The number of hydrazone groups is 1. The van der Waals surface area contributed by atoms with Crippen LogP contribution in [0.5, 0.6) is 0 Å². The Kier molecular flexibility index (Phi) is 7.03. The Morgan fingerprint density at radius 3 is 2.73 bits per heavy atom. The minimum atomic E-state index is -0.699. The van der Waals surface area contributed by atoms with Crippen LogP contribution in [0.2, 0.25) is 0 Å². The molecule has 0 bridgehead atoms. The highest BCUT2D eigenvalue weighted by Crippen LogP contribution is 2.28. The number of nitro groups is 2. The molecule has 0 aliphatic heterocycles. The molecule has 0 heterocycles. The molecule has 8 nitrogen and oxygen atoms in total. The van der Waals surface area contributed by atoms with Crippen LogP contribution in [0, 0.1) is 20.2 Å². The summed E-state index contributed by atoms with van der Waals surface area (Å²) >= 11 is 1.55. The second kappa shape index (κ2) is 8.78. The zero-order chi connectivity index (χ0) is 16.5. The van der Waals surface area contributed by atoms with Crippen molar-refractivity contribution in [3.05, 3.63) is 49.9 Å². The Bertz CT molecular complexity index is 604. The van der Waals surface area contributed by atoms with Crippen molar-refractivity contribution in [2.75, 3.05) is 11.2 Å². The number of nitrogens with one attached hydrogen (secondary N) is 1. The van der Waals surface area contributed by atoms with Crippen LogP contribution < -0.4 is 5.43 Å². The van der Waals surface area contributed by atoms with Crippen molar-refractivity contribution >= 4 is 35.0 Å². The van der Waals surface area contributed by atoms with E-state index in [1.807, 2.05) is 0 Å². The van der Waals surface area contributed by atoms with Gasteiger partial charge in [-0.15, -0.1) is 11.8 Å². The Balaban J connectivity index is 2.75. The molecule has 9 heteroatoms. The van der Waals surface area contributed by atoms with Crippen molar-refractivity contribution in [2.24, 2.45) is 5.10 Å². The first kappa shape index (κ1) is 17.6. The first-order chi connectivity index (χ1) is 10.5. The lowest BCUT2D eigenvalue weighted by Gasteiger charge is -2.02. The lowest BCUT2D eigenvalue weighted by atomic mass is 10.2. The van der Waals surface area contributed by atoms with E-state index in [0.29, 0.717) is 0 Å². The summed E-state index contributed by atoms with van der Waals surface area (Å²) in [6, 6.07) is 3.32. The molecule has 1 aromatic rings. The number of benzene rings is 1. The lowest BCUT2D eigenvalue weighted by molar-refractivity contribution is -0.393. The van der Waals surface area contributed by atoms with Gasteiger partial charge in [-0.25, -0.2) is 0 Å². The molecule has 1 aromatic carbocycles. The minimum Gasteiger partial charge on any atom is -0.272 e. The number of allylic oxidation sites excluding steroid dienone is 1. The molecule has 0 saturated heterocycles. The number of hydrogen-bond donors (Lipinski definition) is 1. The molecular formula is C13H16N4O4S. The van der Waals surface area contributed by atoms with Gasteiger partial charge in [-0.1, -0.05) is 19.9 Å². The quantitative estimate of drug-likeness (QED) is 0.319. The monoisotopic (exact) mass is 324 g/mol. The Morgan fingerprint density at radius 1 is 1.41 bits per heavy atom. The van der Waals surface area contributed by atoms with Gasteiger partial charge in [-0.05, 0) is 18.2 Å². The van der Waals surface area contributed by atoms with Crippen molar-refractivity contribution in [3.63, 3.8) is 0 Å². The molecule has 1 N–H and O–H groups in total. The van der Waals surface area contributed by atoms with Gasteiger partial charge in [-0.3, -0.25) is 25.7 Å². The fourth-order valence-corrected chi connectivity index (χ4v) is 2.26. The van der Waals surface area contributed by atoms with E-state index in [9.17, 15) is 20.2 Å². The van der Waals surface area contributed by atoms with E-state index in [2.05, 4.69) is 24.0 Å². The van der Waals surface area contributed by atoms with Gasteiger partial charge in [0.2, 0.25) is 0 Å². The molecule has 0 unspecified atom stereocenters. The number of non-ortho nitro benzene ring substituents is 1. The molecule has 0 fully saturated rings. The number of thioether (sulfide) groups is 1. The van der Waals surface area contributed by atoms with Gasteiger partial charge in [-0.2, -0.15) is 5.10 Å². The van der Waals surface area contributed by atoms with Crippen LogP contribution in [0.4, 0.5) is 17.1 Å². The summed E-state index contributed by atoms with van der Waals surface area (Å²) in [5, 5.41) is 25.4. The van der Waals surface area contributed by atoms with Crippen molar-refractivity contribution in [1.29, 1.82) is 0 Å². The normalized spacial score (nSPS) is 10.6. The first-order valence-electron chi connectivity index (χ1n) is 6.49. The SMILES string of the molecule is C=C(/C=N/Nc1ccc([N+](=O)[O-])cc1[N+](=O)[O-])SCCCC. The second-order valence-corrected chi connectivity index (χ2v) is 5.48. The summed E-state index contributed by atoms with van der Waals surface area (Å²) in [7, 11) is 0. The second-order valence-electron chi connectivity index (χ2n) is 4.25. The van der Waals surface area contributed by atoms with Gasteiger partial charge in [0.25, 0.3) is 5.69 Å². The van der Waals surface area contributed by atoms with E-state index in [4.69, 9.17) is 0 Å². The van der Waals surface area contributed by atoms with Crippen LogP contribution in [0.15, 0.2) is 34.8 Å². The summed E-state index contributed by atoms with van der Waals surface area (Å²) in [6.07, 6.45) is 3.62. The maximum Gasteiger partial charge on any atom is 0.301 e. The Labute approximate surface area is 131 Å². The Hall–Kier alpha value is -2.42. The summed E-state index contributed by atoms with van der Waals surface area (Å²) in [6.45, 7) is 5.89. The largest absolute Gasteiger partial charge is 0.301 e. The van der Waals surface area contributed by atoms with Gasteiger partial charge in [0.05, 0.1) is 22.1 Å². The van der Waals surface area contributed by atoms with Crippen molar-refractivity contribution in [1.82, 2.24) is 0 Å². The number of nitrogens with zero attached hydrogens (tertiary/aromatic N) is 3. The average Bonchev–Trinajstić information content (AvgIpc) is 2.47. The zero-order valence-electron chi connectivity index (χ0n) is 12.0. The average molecular weight is 324 g/mol. The molecular weight excluding hydrogens is 308 g/mol. The molecule has 0 amide bonds. The third-order valence-electron chi connectivity index (χ3n) is 2.57. The van der Waals surface area contributed by atoms with Crippen LogP contribution >= 0.6 is 11.8 Å². The van der Waals surface area contributed by atoms with E-state index in [-0.39, 0.29) is 11.4 Å². The van der Waals surface area contributed by atoms with Crippen molar-refractivity contribution < 1.29 is 9.85 Å². The summed E-state index contributed by atoms with van der Waals surface area (Å²) in [5.74, 6) is 0.930. The number of anilines is 1. The number of nitro benzene ring substituents is 2. The zero-order valence-corrected chi connectivity index (χ0v) is 12.8. The third-order valence-corrected chi connectivity index (χ3v) is 3.54. The van der Waals surface area contributed by atoms with Gasteiger partial charge in [0, 0.05) is 11.0 Å². The molecule has 0 atom stereocenters. The van der Waals surface area contributed by atoms with E-state index in [1.54, 1.807) is 11.8 Å². The van der Waals surface area contributed by atoms with E-state index >= 15 is 0 Å². The van der Waals surface area contributed by atoms with Crippen LogP contribution in [-0.4, -0.2) is 21.8 Å². The highest BCUT2D eigenvalue weighted by molar-refractivity contribution is 8.03.